The SMILES string of the molecule is N#C[C@@H](NC(=O)c1cccc(C(F)(F)F)c1F)[C@@H]1CCOC1. The summed E-state index contributed by atoms with van der Waals surface area (Å²) >= 11 is 0. The minimum Gasteiger partial charge on any atom is -0.381 e. The molecule has 1 N–H and O–H groups in total. The number of nitrogens with one attached hydrogen (secondary N) is 1. The van der Waals surface area contributed by atoms with Crippen molar-refractivity contribution in [1.29, 1.82) is 5.26 Å². The minimum atomic E-state index is -4.89. The van der Waals surface area contributed by atoms with Gasteiger partial charge >= 0.3 is 6.18 Å². The van der Waals surface area contributed by atoms with E-state index in [1.807, 2.05) is 6.07 Å². The Morgan fingerprint density at radius 1 is 1.45 bits per heavy atom. The van der Waals surface area contributed by atoms with Gasteiger partial charge in [-0.2, -0.15) is 18.4 Å². The molecule has 8 heteroatoms. The van der Waals surface area contributed by atoms with E-state index in [2.05, 4.69) is 5.32 Å². The normalized spacial score (nSPS) is 19.5. The number of rotatable bonds is 3. The van der Waals surface area contributed by atoms with Crippen LogP contribution in [0.4, 0.5) is 17.6 Å². The summed E-state index contributed by atoms with van der Waals surface area (Å²) in [5.74, 6) is -2.96. The van der Waals surface area contributed by atoms with Crippen LogP contribution >= 0.6 is 0 Å². The molecule has 1 aliphatic heterocycles. The van der Waals surface area contributed by atoms with E-state index in [9.17, 15) is 22.4 Å². The number of benzene rings is 1. The van der Waals surface area contributed by atoms with Gasteiger partial charge in [-0.05, 0) is 18.6 Å². The quantitative estimate of drug-likeness (QED) is 0.872. The number of halogens is 4. The highest BCUT2D eigenvalue weighted by molar-refractivity contribution is 5.95. The van der Waals surface area contributed by atoms with E-state index >= 15 is 0 Å². The summed E-state index contributed by atoms with van der Waals surface area (Å²) in [6.07, 6.45) is -4.35. The van der Waals surface area contributed by atoms with Crippen LogP contribution in [0.25, 0.3) is 0 Å². The summed E-state index contributed by atoms with van der Waals surface area (Å²) in [5.41, 5.74) is -2.26. The van der Waals surface area contributed by atoms with Crippen molar-refractivity contribution in [2.75, 3.05) is 13.2 Å². The Hall–Kier alpha value is -2.14. The second kappa shape index (κ2) is 6.32. The Morgan fingerprint density at radius 3 is 2.73 bits per heavy atom. The van der Waals surface area contributed by atoms with Gasteiger partial charge in [-0.25, -0.2) is 4.39 Å². The van der Waals surface area contributed by atoms with Crippen LogP contribution in [0.3, 0.4) is 0 Å². The van der Waals surface area contributed by atoms with Crippen LogP contribution in [0, 0.1) is 23.1 Å². The average molecular weight is 316 g/mol. The fraction of sp³-hybridized carbons (Fsp3) is 0.429. The van der Waals surface area contributed by atoms with E-state index in [1.54, 1.807) is 0 Å². The zero-order chi connectivity index (χ0) is 16.3. The molecule has 0 unspecified atom stereocenters. The number of amides is 1. The zero-order valence-corrected chi connectivity index (χ0v) is 11.3. The van der Waals surface area contributed by atoms with E-state index in [-0.39, 0.29) is 12.5 Å². The van der Waals surface area contributed by atoms with Crippen LogP contribution in [0.2, 0.25) is 0 Å². The highest BCUT2D eigenvalue weighted by Gasteiger charge is 2.36. The molecule has 1 aromatic rings. The minimum absolute atomic E-state index is 0.261. The maximum atomic E-state index is 13.9. The van der Waals surface area contributed by atoms with Crippen molar-refractivity contribution in [1.82, 2.24) is 5.32 Å². The molecule has 2 rings (SSSR count). The van der Waals surface area contributed by atoms with Gasteiger partial charge in [-0.3, -0.25) is 4.79 Å². The Kier molecular flexibility index (Phi) is 4.66. The smallest absolute Gasteiger partial charge is 0.381 e. The van der Waals surface area contributed by atoms with Gasteiger partial charge in [0.05, 0.1) is 23.8 Å². The fourth-order valence-electron chi connectivity index (χ4n) is 2.22. The van der Waals surface area contributed by atoms with Crippen LogP contribution in [0.5, 0.6) is 0 Å². The molecule has 0 aromatic heterocycles. The Morgan fingerprint density at radius 2 is 2.18 bits per heavy atom. The number of alkyl halides is 3. The number of hydrogen-bond donors (Lipinski definition) is 1. The molecule has 0 aliphatic carbocycles. The molecule has 1 saturated heterocycles. The molecule has 2 atom stereocenters. The highest BCUT2D eigenvalue weighted by Crippen LogP contribution is 2.32. The van der Waals surface area contributed by atoms with E-state index in [0.29, 0.717) is 19.1 Å². The second-order valence-electron chi connectivity index (χ2n) is 4.87. The van der Waals surface area contributed by atoms with Gasteiger partial charge in [0, 0.05) is 12.5 Å². The Labute approximate surface area is 123 Å². The maximum Gasteiger partial charge on any atom is 0.419 e. The van der Waals surface area contributed by atoms with Crippen LogP contribution in [-0.4, -0.2) is 25.2 Å². The first-order valence-corrected chi connectivity index (χ1v) is 6.48. The van der Waals surface area contributed by atoms with Crippen LogP contribution in [0.15, 0.2) is 18.2 Å². The number of carbonyl (C=O) groups excluding carboxylic acids is 1. The number of hydrogen-bond acceptors (Lipinski definition) is 3. The van der Waals surface area contributed by atoms with Crippen molar-refractivity contribution < 1.29 is 27.1 Å². The van der Waals surface area contributed by atoms with Gasteiger partial charge in [0.25, 0.3) is 5.91 Å². The lowest BCUT2D eigenvalue weighted by molar-refractivity contribution is -0.140. The predicted octanol–water partition coefficient (Wildman–Crippen LogP) is 2.50. The third kappa shape index (κ3) is 3.36. The lowest BCUT2D eigenvalue weighted by Gasteiger charge is -2.17. The largest absolute Gasteiger partial charge is 0.419 e. The number of nitrogens with zero attached hydrogens (tertiary/aromatic N) is 1. The molecule has 0 saturated carbocycles. The fourth-order valence-corrected chi connectivity index (χ4v) is 2.22. The summed E-state index contributed by atoms with van der Waals surface area (Å²) in [6, 6.07) is 3.36. The Bertz CT molecular complexity index is 604. The monoisotopic (exact) mass is 316 g/mol. The van der Waals surface area contributed by atoms with Crippen LogP contribution in [-0.2, 0) is 10.9 Å². The van der Waals surface area contributed by atoms with E-state index in [4.69, 9.17) is 10.00 Å². The molecule has 1 aliphatic rings. The van der Waals surface area contributed by atoms with Crippen molar-refractivity contribution in [3.05, 3.63) is 35.1 Å². The Balaban J connectivity index is 2.21. The first-order chi connectivity index (χ1) is 10.3. The molecule has 22 heavy (non-hydrogen) atoms. The predicted molar refractivity (Wildman–Crippen MR) is 67.2 cm³/mol. The summed E-state index contributed by atoms with van der Waals surface area (Å²) in [7, 11) is 0. The van der Waals surface area contributed by atoms with Gasteiger partial charge in [-0.15, -0.1) is 0 Å². The first kappa shape index (κ1) is 16.2. The molecule has 0 bridgehead atoms. The average Bonchev–Trinajstić information content (AvgIpc) is 2.97. The summed E-state index contributed by atoms with van der Waals surface area (Å²) in [6.45, 7) is 0.709. The van der Waals surface area contributed by atoms with E-state index in [0.717, 1.165) is 12.1 Å². The van der Waals surface area contributed by atoms with Crippen molar-refractivity contribution in [2.24, 2.45) is 5.92 Å². The third-order valence-corrected chi connectivity index (χ3v) is 3.41. The van der Waals surface area contributed by atoms with Gasteiger partial charge in [0.1, 0.15) is 11.9 Å². The van der Waals surface area contributed by atoms with Crippen LogP contribution in [0.1, 0.15) is 22.3 Å². The molecule has 1 fully saturated rings. The highest BCUT2D eigenvalue weighted by atomic mass is 19.4. The van der Waals surface area contributed by atoms with Gasteiger partial charge in [-0.1, -0.05) is 6.07 Å². The molecule has 0 spiro atoms. The lowest BCUT2D eigenvalue weighted by Crippen LogP contribution is -2.40. The number of ether oxygens (including phenoxy) is 1. The third-order valence-electron chi connectivity index (χ3n) is 3.41. The van der Waals surface area contributed by atoms with Gasteiger partial charge < -0.3 is 10.1 Å². The molecular formula is C14H12F4N2O2. The molecule has 1 aromatic carbocycles. The molecular weight excluding hydrogens is 304 g/mol. The van der Waals surface area contributed by atoms with Crippen molar-refractivity contribution in [3.63, 3.8) is 0 Å². The van der Waals surface area contributed by atoms with Crippen molar-refractivity contribution >= 4 is 5.91 Å². The lowest BCUT2D eigenvalue weighted by atomic mass is 9.99. The van der Waals surface area contributed by atoms with E-state index < -0.39 is 35.1 Å². The zero-order valence-electron chi connectivity index (χ0n) is 11.3. The number of carbonyl (C=O) groups is 1. The molecule has 118 valence electrons. The summed E-state index contributed by atoms with van der Waals surface area (Å²) in [5, 5.41) is 11.3. The van der Waals surface area contributed by atoms with Gasteiger partial charge in [0.15, 0.2) is 0 Å². The molecule has 1 amide bonds. The van der Waals surface area contributed by atoms with E-state index in [1.165, 1.54) is 0 Å². The van der Waals surface area contributed by atoms with Crippen molar-refractivity contribution in [2.45, 2.75) is 18.6 Å². The second-order valence-corrected chi connectivity index (χ2v) is 4.87. The van der Waals surface area contributed by atoms with Crippen LogP contribution < -0.4 is 5.32 Å². The molecule has 4 nitrogen and oxygen atoms in total. The summed E-state index contributed by atoms with van der Waals surface area (Å²) in [4.78, 5) is 12.0. The molecule has 1 heterocycles. The van der Waals surface area contributed by atoms with Gasteiger partial charge in [0.2, 0.25) is 0 Å². The van der Waals surface area contributed by atoms with Crippen molar-refractivity contribution in [3.8, 4) is 6.07 Å². The number of nitriles is 1. The summed E-state index contributed by atoms with van der Waals surface area (Å²) < 4.78 is 56.8. The maximum absolute atomic E-state index is 13.9. The topological polar surface area (TPSA) is 62.1 Å². The molecule has 0 radical (unpaired) electrons. The standard InChI is InChI=1S/C14H12F4N2O2/c15-12-9(2-1-3-10(12)14(16,17)18)13(21)20-11(6-19)8-4-5-22-7-8/h1-3,8,11H,4-5,7H2,(H,20,21)/t8-,11-/m1/s1. The first-order valence-electron chi connectivity index (χ1n) is 6.48.